The first-order valence-electron chi connectivity index (χ1n) is 12.5. The van der Waals surface area contributed by atoms with Crippen LogP contribution in [0.3, 0.4) is 0 Å². The lowest BCUT2D eigenvalue weighted by molar-refractivity contribution is -0.143. The highest BCUT2D eigenvalue weighted by molar-refractivity contribution is 8.14. The Labute approximate surface area is 236 Å². The summed E-state index contributed by atoms with van der Waals surface area (Å²) in [7, 11) is 1.99. The Morgan fingerprint density at radius 3 is 2.54 bits per heavy atom. The van der Waals surface area contributed by atoms with Gasteiger partial charge in [-0.2, -0.15) is 0 Å². The lowest BCUT2D eigenvalue weighted by atomic mass is 9.93. The van der Waals surface area contributed by atoms with Gasteiger partial charge in [0.15, 0.2) is 10.9 Å². The van der Waals surface area contributed by atoms with E-state index in [-0.39, 0.29) is 58.7 Å². The molecule has 0 bridgehead atoms. The van der Waals surface area contributed by atoms with Crippen molar-refractivity contribution in [2.75, 3.05) is 39.8 Å². The Balaban J connectivity index is 0.00000342. The average Bonchev–Trinajstić information content (AvgIpc) is 3.66. The SMILES string of the molecule is CCOC(=O)CCCN(C)CC=C1CN(C(C(=O)C2CC2)c2ccccc2F)CCC1SC(C)=O.Cl.Cl. The molecule has 0 radical (unpaired) electrons. The van der Waals surface area contributed by atoms with Crippen LogP contribution < -0.4 is 0 Å². The van der Waals surface area contributed by atoms with Gasteiger partial charge in [-0.15, -0.1) is 24.8 Å². The number of nitrogens with zero attached hydrogens (tertiary/aromatic N) is 2. The van der Waals surface area contributed by atoms with Crippen molar-refractivity contribution in [1.29, 1.82) is 0 Å². The molecule has 1 heterocycles. The lowest BCUT2D eigenvalue weighted by Gasteiger charge is -2.38. The quantitative estimate of drug-likeness (QED) is 0.249. The van der Waals surface area contributed by atoms with Gasteiger partial charge < -0.3 is 9.64 Å². The topological polar surface area (TPSA) is 66.9 Å². The van der Waals surface area contributed by atoms with E-state index < -0.39 is 6.04 Å². The molecule has 208 valence electrons. The summed E-state index contributed by atoms with van der Waals surface area (Å²) >= 11 is 1.33. The molecule has 2 atom stereocenters. The molecule has 0 spiro atoms. The van der Waals surface area contributed by atoms with Crippen molar-refractivity contribution in [1.82, 2.24) is 9.80 Å². The fraction of sp³-hybridized carbons (Fsp3) is 0.593. The molecule has 1 saturated heterocycles. The molecule has 0 N–H and O–H groups in total. The van der Waals surface area contributed by atoms with Gasteiger partial charge in [0.05, 0.1) is 12.6 Å². The van der Waals surface area contributed by atoms with Crippen LogP contribution in [0.1, 0.15) is 57.6 Å². The van der Waals surface area contributed by atoms with Crippen molar-refractivity contribution < 1.29 is 23.5 Å². The number of carbonyl (C=O) groups is 3. The van der Waals surface area contributed by atoms with Crippen LogP contribution in [0.2, 0.25) is 0 Å². The van der Waals surface area contributed by atoms with E-state index in [9.17, 15) is 18.8 Å². The Bertz CT molecular complexity index is 945. The molecule has 1 aromatic rings. The van der Waals surface area contributed by atoms with E-state index in [2.05, 4.69) is 15.9 Å². The first-order chi connectivity index (χ1) is 16.8. The zero-order valence-corrected chi connectivity index (χ0v) is 24.3. The van der Waals surface area contributed by atoms with Crippen LogP contribution in [0.15, 0.2) is 35.9 Å². The Morgan fingerprint density at radius 2 is 1.92 bits per heavy atom. The number of ether oxygens (including phenoxy) is 1. The second kappa shape index (κ2) is 16.5. The second-order valence-corrected chi connectivity index (χ2v) is 10.8. The number of Topliss-reactive ketones (excluding diaryl/α,β-unsaturated/α-hetero) is 1. The molecule has 3 rings (SSSR count). The van der Waals surface area contributed by atoms with Crippen molar-refractivity contribution in [3.05, 3.63) is 47.3 Å². The van der Waals surface area contributed by atoms with Crippen molar-refractivity contribution in [2.45, 2.75) is 57.2 Å². The van der Waals surface area contributed by atoms with E-state index in [1.54, 1.807) is 32.0 Å². The van der Waals surface area contributed by atoms with Gasteiger partial charge in [-0.25, -0.2) is 4.39 Å². The van der Waals surface area contributed by atoms with Gasteiger partial charge in [-0.05, 0) is 57.8 Å². The molecule has 2 fully saturated rings. The molecule has 2 aliphatic rings. The first kappa shape index (κ1) is 33.6. The molecule has 1 aliphatic carbocycles. The van der Waals surface area contributed by atoms with Crippen molar-refractivity contribution >= 4 is 53.4 Å². The summed E-state index contributed by atoms with van der Waals surface area (Å²) in [5.41, 5.74) is 1.54. The van der Waals surface area contributed by atoms with Gasteiger partial charge in [-0.1, -0.05) is 36.0 Å². The third-order valence-corrected chi connectivity index (χ3v) is 7.65. The summed E-state index contributed by atoms with van der Waals surface area (Å²) in [5, 5.41) is 0.117. The fourth-order valence-electron chi connectivity index (χ4n) is 4.54. The summed E-state index contributed by atoms with van der Waals surface area (Å²) < 4.78 is 19.8. The van der Waals surface area contributed by atoms with Crippen LogP contribution in [-0.2, 0) is 19.1 Å². The van der Waals surface area contributed by atoms with Gasteiger partial charge in [0, 0.05) is 49.7 Å². The zero-order chi connectivity index (χ0) is 25.4. The van der Waals surface area contributed by atoms with E-state index in [1.807, 2.05) is 7.05 Å². The predicted octanol–water partition coefficient (Wildman–Crippen LogP) is 5.25. The minimum absolute atomic E-state index is 0. The summed E-state index contributed by atoms with van der Waals surface area (Å²) in [6, 6.07) is 5.97. The lowest BCUT2D eigenvalue weighted by Crippen LogP contribution is -2.43. The van der Waals surface area contributed by atoms with Crippen molar-refractivity contribution in [3.8, 4) is 0 Å². The van der Waals surface area contributed by atoms with E-state index in [1.165, 1.54) is 17.8 Å². The highest BCUT2D eigenvalue weighted by atomic mass is 35.5. The fourth-order valence-corrected chi connectivity index (χ4v) is 5.49. The van der Waals surface area contributed by atoms with Crippen molar-refractivity contribution in [3.63, 3.8) is 0 Å². The second-order valence-electron chi connectivity index (χ2n) is 9.41. The number of hydrogen-bond acceptors (Lipinski definition) is 7. The number of piperidine rings is 1. The molecule has 10 heteroatoms. The van der Waals surface area contributed by atoms with E-state index in [4.69, 9.17) is 4.74 Å². The van der Waals surface area contributed by atoms with Crippen LogP contribution >= 0.6 is 36.6 Å². The Kier molecular flexibility index (Phi) is 15.0. The number of esters is 1. The van der Waals surface area contributed by atoms with Crippen LogP contribution in [0.4, 0.5) is 4.39 Å². The molecule has 1 saturated carbocycles. The van der Waals surface area contributed by atoms with Crippen LogP contribution in [0.5, 0.6) is 0 Å². The molecule has 0 aromatic heterocycles. The highest BCUT2D eigenvalue weighted by Crippen LogP contribution is 2.40. The van der Waals surface area contributed by atoms with Gasteiger partial charge in [0.25, 0.3) is 0 Å². The number of thioether (sulfide) groups is 1. The molecule has 1 aliphatic heterocycles. The molecule has 6 nitrogen and oxygen atoms in total. The maximum absolute atomic E-state index is 14.8. The standard InChI is InChI=1S/C27H37FN2O4S.2ClH/c1-4-34-25(32)10-7-15-29(3)16-13-21-18-30(17-14-24(21)35-19(2)31)26(27(33)20-11-12-20)22-8-5-6-9-23(22)28;;/h5-6,8-9,13,20,24,26H,4,7,10-12,14-18H2,1-3H3;2*1H. The number of halogens is 3. The normalized spacial score (nSPS) is 19.6. The summed E-state index contributed by atoms with van der Waals surface area (Å²) in [6.45, 7) is 6.34. The Morgan fingerprint density at radius 1 is 1.22 bits per heavy atom. The van der Waals surface area contributed by atoms with E-state index in [0.29, 0.717) is 44.6 Å². The van der Waals surface area contributed by atoms with Gasteiger partial charge in [0.1, 0.15) is 5.82 Å². The van der Waals surface area contributed by atoms with E-state index >= 15 is 0 Å². The Hall–Kier alpha value is -1.45. The number of benzene rings is 1. The van der Waals surface area contributed by atoms with Crippen molar-refractivity contribution in [2.24, 2.45) is 5.92 Å². The number of ketones is 1. The molecule has 0 amide bonds. The number of likely N-dealkylation sites (N-methyl/N-ethyl adjacent to an activating group) is 1. The molecular formula is C27H39Cl2FN2O4S. The van der Waals surface area contributed by atoms with Gasteiger partial charge in [0.2, 0.25) is 0 Å². The van der Waals surface area contributed by atoms with Crippen LogP contribution in [0, 0.1) is 11.7 Å². The smallest absolute Gasteiger partial charge is 0.305 e. The largest absolute Gasteiger partial charge is 0.466 e. The average molecular weight is 578 g/mol. The first-order valence-corrected chi connectivity index (χ1v) is 13.4. The number of carbonyl (C=O) groups excluding carboxylic acids is 3. The third kappa shape index (κ3) is 10.3. The maximum atomic E-state index is 14.8. The monoisotopic (exact) mass is 576 g/mol. The summed E-state index contributed by atoms with van der Waals surface area (Å²) in [5.74, 6) is -0.414. The van der Waals surface area contributed by atoms with Crippen LogP contribution in [0.25, 0.3) is 0 Å². The number of hydrogen-bond donors (Lipinski definition) is 0. The number of likely N-dealkylation sites (tertiary alicyclic amines) is 1. The summed E-state index contributed by atoms with van der Waals surface area (Å²) in [4.78, 5) is 41.0. The summed E-state index contributed by atoms with van der Waals surface area (Å²) in [6.07, 6.45) is 5.71. The van der Waals surface area contributed by atoms with Gasteiger partial charge >= 0.3 is 5.97 Å². The van der Waals surface area contributed by atoms with Crippen LogP contribution in [-0.4, -0.2) is 71.8 Å². The third-order valence-electron chi connectivity index (χ3n) is 6.49. The predicted molar refractivity (Wildman–Crippen MR) is 151 cm³/mol. The van der Waals surface area contributed by atoms with E-state index in [0.717, 1.165) is 31.4 Å². The minimum atomic E-state index is -0.599. The molecule has 37 heavy (non-hydrogen) atoms. The van der Waals surface area contributed by atoms with Gasteiger partial charge in [-0.3, -0.25) is 19.3 Å². The zero-order valence-electron chi connectivity index (χ0n) is 21.8. The molecular weight excluding hydrogens is 538 g/mol. The molecule has 1 aromatic carbocycles. The minimum Gasteiger partial charge on any atom is -0.466 e. The maximum Gasteiger partial charge on any atom is 0.305 e. The molecule has 2 unspecified atom stereocenters. The highest BCUT2D eigenvalue weighted by Gasteiger charge is 2.41. The number of rotatable bonds is 12.